The van der Waals surface area contributed by atoms with E-state index >= 15 is 0 Å². The van der Waals surface area contributed by atoms with Gasteiger partial charge in [0.05, 0.1) is 18.1 Å². The van der Waals surface area contributed by atoms with Crippen molar-refractivity contribution in [3.05, 3.63) is 0 Å². The number of ketones is 2. The van der Waals surface area contributed by atoms with Gasteiger partial charge in [-0.2, -0.15) is 0 Å². The molecule has 1 amide bonds. The standard InChI is InChI=1S/C22H41N3O4/c1-14(2)21(28)19(10-12-24)25-22(29)18(15(3)26)13-20(27)17(9-11-23)16-7-5-4-6-8-16/h14-19,26H,4-13,23-24H2,1-3H3,(H,25,29)/t15-,17?,18-,19-/m0/s1. The van der Waals surface area contributed by atoms with E-state index in [2.05, 4.69) is 5.32 Å². The van der Waals surface area contributed by atoms with Crippen molar-refractivity contribution in [1.29, 1.82) is 0 Å². The summed E-state index contributed by atoms with van der Waals surface area (Å²) in [5.74, 6) is -1.53. The lowest BCUT2D eigenvalue weighted by molar-refractivity contribution is -0.137. The van der Waals surface area contributed by atoms with Crippen molar-refractivity contribution in [1.82, 2.24) is 5.32 Å². The minimum Gasteiger partial charge on any atom is -0.393 e. The van der Waals surface area contributed by atoms with Crippen molar-refractivity contribution in [2.75, 3.05) is 13.1 Å². The summed E-state index contributed by atoms with van der Waals surface area (Å²) in [4.78, 5) is 38.3. The van der Waals surface area contributed by atoms with Crippen LogP contribution < -0.4 is 16.8 Å². The van der Waals surface area contributed by atoms with Crippen molar-refractivity contribution in [2.45, 2.75) is 84.3 Å². The first-order valence-electron chi connectivity index (χ1n) is 11.2. The van der Waals surface area contributed by atoms with E-state index in [1.807, 2.05) is 0 Å². The van der Waals surface area contributed by atoms with Crippen LogP contribution in [-0.2, 0) is 14.4 Å². The van der Waals surface area contributed by atoms with Crippen molar-refractivity contribution >= 4 is 17.5 Å². The van der Waals surface area contributed by atoms with Gasteiger partial charge in [0.25, 0.3) is 0 Å². The average molecular weight is 412 g/mol. The number of hydrogen-bond donors (Lipinski definition) is 4. The van der Waals surface area contributed by atoms with Gasteiger partial charge in [0.15, 0.2) is 5.78 Å². The highest BCUT2D eigenvalue weighted by molar-refractivity contribution is 5.93. The second-order valence-corrected chi connectivity index (χ2v) is 8.80. The molecule has 1 saturated carbocycles. The van der Waals surface area contributed by atoms with Crippen LogP contribution in [0.25, 0.3) is 0 Å². The van der Waals surface area contributed by atoms with Gasteiger partial charge >= 0.3 is 0 Å². The number of hydrogen-bond acceptors (Lipinski definition) is 6. The lowest BCUT2D eigenvalue weighted by Gasteiger charge is -2.31. The van der Waals surface area contributed by atoms with Crippen LogP contribution in [0.15, 0.2) is 0 Å². The highest BCUT2D eigenvalue weighted by Crippen LogP contribution is 2.33. The number of nitrogens with one attached hydrogen (secondary N) is 1. The predicted molar refractivity (Wildman–Crippen MR) is 114 cm³/mol. The Bertz CT molecular complexity index is 530. The number of aliphatic hydroxyl groups excluding tert-OH is 1. The lowest BCUT2D eigenvalue weighted by Crippen LogP contribution is -2.48. The van der Waals surface area contributed by atoms with E-state index in [4.69, 9.17) is 11.5 Å². The summed E-state index contributed by atoms with van der Waals surface area (Å²) in [6.45, 7) is 5.75. The van der Waals surface area contributed by atoms with Gasteiger partial charge in [-0.1, -0.05) is 33.1 Å². The van der Waals surface area contributed by atoms with Crippen molar-refractivity contribution in [3.8, 4) is 0 Å². The van der Waals surface area contributed by atoms with Crippen molar-refractivity contribution in [3.63, 3.8) is 0 Å². The second kappa shape index (κ2) is 13.1. The monoisotopic (exact) mass is 411 g/mol. The molecule has 0 heterocycles. The van der Waals surface area contributed by atoms with E-state index in [9.17, 15) is 19.5 Å². The van der Waals surface area contributed by atoms with Crippen molar-refractivity contribution < 1.29 is 19.5 Å². The fourth-order valence-electron chi connectivity index (χ4n) is 4.36. The van der Waals surface area contributed by atoms with E-state index in [1.54, 1.807) is 13.8 Å². The van der Waals surface area contributed by atoms with Crippen LogP contribution in [0.2, 0.25) is 0 Å². The van der Waals surface area contributed by atoms with Gasteiger partial charge in [0.2, 0.25) is 5.91 Å². The Labute approximate surface area is 175 Å². The molecule has 7 nitrogen and oxygen atoms in total. The summed E-state index contributed by atoms with van der Waals surface area (Å²) in [5.41, 5.74) is 11.4. The molecular formula is C22H41N3O4. The minimum atomic E-state index is -0.989. The van der Waals surface area contributed by atoms with Gasteiger partial charge in [-0.05, 0) is 51.6 Å². The number of carbonyl (C=O) groups is 3. The third kappa shape index (κ3) is 8.15. The molecule has 168 valence electrons. The highest BCUT2D eigenvalue weighted by atomic mass is 16.3. The predicted octanol–water partition coefficient (Wildman–Crippen LogP) is 1.55. The maximum atomic E-state index is 13.1. The van der Waals surface area contributed by atoms with Crippen LogP contribution in [0.1, 0.15) is 72.1 Å². The molecule has 0 aromatic heterocycles. The fraction of sp³-hybridized carbons (Fsp3) is 0.864. The third-order valence-corrected chi connectivity index (χ3v) is 6.13. The molecule has 0 saturated heterocycles. The molecule has 1 aliphatic rings. The molecule has 0 radical (unpaired) electrons. The molecule has 0 spiro atoms. The average Bonchev–Trinajstić information content (AvgIpc) is 2.69. The Balaban J connectivity index is 2.86. The Kier molecular flexibility index (Phi) is 11.6. The van der Waals surface area contributed by atoms with Crippen LogP contribution in [0, 0.1) is 23.7 Å². The Morgan fingerprint density at radius 1 is 1.00 bits per heavy atom. The smallest absolute Gasteiger partial charge is 0.226 e. The van der Waals surface area contributed by atoms with Crippen LogP contribution >= 0.6 is 0 Å². The number of carbonyl (C=O) groups excluding carboxylic acids is 3. The van der Waals surface area contributed by atoms with Gasteiger partial charge in [0.1, 0.15) is 5.78 Å². The number of rotatable bonds is 13. The minimum absolute atomic E-state index is 0.00559. The number of nitrogens with two attached hydrogens (primary N) is 2. The number of aliphatic hydroxyl groups is 1. The molecule has 1 aliphatic carbocycles. The molecular weight excluding hydrogens is 370 g/mol. The third-order valence-electron chi connectivity index (χ3n) is 6.13. The van der Waals surface area contributed by atoms with Gasteiger partial charge in [0, 0.05) is 18.3 Å². The van der Waals surface area contributed by atoms with Crippen LogP contribution in [0.3, 0.4) is 0 Å². The van der Waals surface area contributed by atoms with Crippen LogP contribution in [0.5, 0.6) is 0 Å². The summed E-state index contributed by atoms with van der Waals surface area (Å²) in [7, 11) is 0. The quantitative estimate of drug-likeness (QED) is 0.363. The molecule has 4 atom stereocenters. The highest BCUT2D eigenvalue weighted by Gasteiger charge is 2.35. The molecule has 0 aliphatic heterocycles. The molecule has 7 heteroatoms. The Morgan fingerprint density at radius 2 is 1.59 bits per heavy atom. The fourth-order valence-corrected chi connectivity index (χ4v) is 4.36. The van der Waals surface area contributed by atoms with E-state index in [1.165, 1.54) is 13.3 Å². The normalized spacial score (nSPS) is 19.4. The first-order valence-corrected chi connectivity index (χ1v) is 11.2. The molecule has 0 bridgehead atoms. The summed E-state index contributed by atoms with van der Waals surface area (Å²) >= 11 is 0. The Morgan fingerprint density at radius 3 is 2.07 bits per heavy atom. The molecule has 1 rings (SSSR count). The summed E-state index contributed by atoms with van der Waals surface area (Å²) in [6.07, 6.45) is 5.40. The Hall–Kier alpha value is -1.31. The largest absolute Gasteiger partial charge is 0.393 e. The summed E-state index contributed by atoms with van der Waals surface area (Å²) in [5, 5.41) is 12.9. The van der Waals surface area contributed by atoms with Crippen LogP contribution in [-0.4, -0.2) is 47.8 Å². The zero-order valence-electron chi connectivity index (χ0n) is 18.4. The topological polar surface area (TPSA) is 136 Å². The molecule has 0 aromatic carbocycles. The number of Topliss-reactive ketones (excluding diaryl/α,β-unsaturated/α-hetero) is 2. The molecule has 29 heavy (non-hydrogen) atoms. The maximum Gasteiger partial charge on any atom is 0.226 e. The maximum absolute atomic E-state index is 13.1. The zero-order chi connectivity index (χ0) is 22.0. The lowest BCUT2D eigenvalue weighted by atomic mass is 9.74. The van der Waals surface area contributed by atoms with Gasteiger partial charge in [-0.3, -0.25) is 14.4 Å². The van der Waals surface area contributed by atoms with Crippen LogP contribution in [0.4, 0.5) is 0 Å². The molecule has 1 unspecified atom stereocenters. The van der Waals surface area contributed by atoms with E-state index in [-0.39, 0.29) is 36.4 Å². The van der Waals surface area contributed by atoms with Gasteiger partial charge in [-0.15, -0.1) is 0 Å². The molecule has 1 fully saturated rings. The zero-order valence-corrected chi connectivity index (χ0v) is 18.4. The van der Waals surface area contributed by atoms with Gasteiger partial charge < -0.3 is 21.9 Å². The number of amides is 1. The SMILES string of the molecule is CC(C)C(=O)[C@H](CCN)NC(=O)[C@@H](CC(=O)C(CCN)C1CCCCC1)[C@H](C)O. The van der Waals surface area contributed by atoms with Crippen molar-refractivity contribution in [2.24, 2.45) is 35.1 Å². The van der Waals surface area contributed by atoms with E-state index < -0.39 is 24.0 Å². The van der Waals surface area contributed by atoms with E-state index in [0.29, 0.717) is 25.3 Å². The van der Waals surface area contributed by atoms with E-state index in [0.717, 1.165) is 25.7 Å². The summed E-state index contributed by atoms with van der Waals surface area (Å²) in [6, 6.07) is -0.693. The summed E-state index contributed by atoms with van der Waals surface area (Å²) < 4.78 is 0. The molecule has 0 aromatic rings. The first kappa shape index (κ1) is 25.7. The van der Waals surface area contributed by atoms with Gasteiger partial charge in [-0.25, -0.2) is 0 Å². The second-order valence-electron chi connectivity index (χ2n) is 8.80. The first-order chi connectivity index (χ1) is 13.7. The molecule has 6 N–H and O–H groups in total.